The fourth-order valence-electron chi connectivity index (χ4n) is 4.58. The SMILES string of the molecule is COc1ccc([C@H]2[C@@H]3CN(Cc4cnc(N(C)C)s4)C[C@@H]3CN2C)cc1.Cl.Cl. The van der Waals surface area contributed by atoms with Gasteiger partial charge in [-0.1, -0.05) is 12.1 Å². The zero-order valence-corrected chi connectivity index (χ0v) is 19.3. The smallest absolute Gasteiger partial charge is 0.185 e. The highest BCUT2D eigenvalue weighted by Gasteiger charge is 2.45. The molecule has 0 bridgehead atoms. The van der Waals surface area contributed by atoms with Gasteiger partial charge in [-0.15, -0.1) is 36.2 Å². The monoisotopic (exact) mass is 444 g/mol. The minimum absolute atomic E-state index is 0. The molecule has 1 aromatic heterocycles. The highest BCUT2D eigenvalue weighted by atomic mass is 35.5. The van der Waals surface area contributed by atoms with Crippen LogP contribution >= 0.6 is 36.2 Å². The highest BCUT2D eigenvalue weighted by molar-refractivity contribution is 7.15. The van der Waals surface area contributed by atoms with Crippen molar-refractivity contribution < 1.29 is 4.74 Å². The van der Waals surface area contributed by atoms with Gasteiger partial charge in [-0.25, -0.2) is 4.98 Å². The molecule has 8 heteroatoms. The number of likely N-dealkylation sites (tertiary alicyclic amines) is 2. The Hall–Kier alpha value is -1.05. The van der Waals surface area contributed by atoms with Gasteiger partial charge in [0.25, 0.3) is 0 Å². The summed E-state index contributed by atoms with van der Waals surface area (Å²) in [5.74, 6) is 2.39. The second-order valence-corrected chi connectivity index (χ2v) is 8.87. The molecule has 2 aliphatic heterocycles. The number of anilines is 1. The van der Waals surface area contributed by atoms with E-state index in [4.69, 9.17) is 4.74 Å². The molecule has 1 aromatic carbocycles. The number of thiazole rings is 1. The molecule has 0 N–H and O–H groups in total. The van der Waals surface area contributed by atoms with Crippen molar-refractivity contribution >= 4 is 41.3 Å². The Bertz CT molecular complexity index is 755. The maximum absolute atomic E-state index is 5.32. The molecular formula is C20H30Cl2N4OS. The summed E-state index contributed by atoms with van der Waals surface area (Å²) < 4.78 is 5.32. The third-order valence-corrected chi connectivity index (χ3v) is 6.88. The topological polar surface area (TPSA) is 31.8 Å². The number of ether oxygens (including phenoxy) is 1. The van der Waals surface area contributed by atoms with Gasteiger partial charge >= 0.3 is 0 Å². The summed E-state index contributed by atoms with van der Waals surface area (Å²) in [6, 6.07) is 9.15. The molecule has 0 spiro atoms. The zero-order valence-electron chi connectivity index (χ0n) is 16.9. The van der Waals surface area contributed by atoms with E-state index in [0.717, 1.165) is 23.3 Å². The van der Waals surface area contributed by atoms with E-state index in [1.54, 1.807) is 18.4 Å². The third-order valence-electron chi connectivity index (χ3n) is 5.73. The summed E-state index contributed by atoms with van der Waals surface area (Å²) in [6.07, 6.45) is 2.04. The van der Waals surface area contributed by atoms with E-state index in [2.05, 4.69) is 65.1 Å². The Morgan fingerprint density at radius 1 is 1.14 bits per heavy atom. The van der Waals surface area contributed by atoms with E-state index in [-0.39, 0.29) is 24.8 Å². The van der Waals surface area contributed by atoms with E-state index in [1.165, 1.54) is 30.1 Å². The summed E-state index contributed by atoms with van der Waals surface area (Å²) in [7, 11) is 8.10. The number of hydrogen-bond acceptors (Lipinski definition) is 6. The molecule has 3 heterocycles. The van der Waals surface area contributed by atoms with Gasteiger partial charge in [-0.3, -0.25) is 9.80 Å². The molecule has 2 aromatic rings. The molecule has 0 amide bonds. The van der Waals surface area contributed by atoms with Crippen LogP contribution in [0.25, 0.3) is 0 Å². The van der Waals surface area contributed by atoms with Crippen LogP contribution in [0.5, 0.6) is 5.75 Å². The Kier molecular flexibility index (Phi) is 7.99. The van der Waals surface area contributed by atoms with Crippen molar-refractivity contribution in [1.29, 1.82) is 0 Å². The normalized spacial score (nSPS) is 24.4. The lowest BCUT2D eigenvalue weighted by Gasteiger charge is -2.26. The molecule has 0 saturated carbocycles. The van der Waals surface area contributed by atoms with Crippen LogP contribution in [0.1, 0.15) is 16.5 Å². The molecular weight excluding hydrogens is 415 g/mol. The number of nitrogens with zero attached hydrogens (tertiary/aromatic N) is 4. The van der Waals surface area contributed by atoms with Crippen LogP contribution in [0.2, 0.25) is 0 Å². The summed E-state index contributed by atoms with van der Waals surface area (Å²) >= 11 is 1.81. The fraction of sp³-hybridized carbons (Fsp3) is 0.550. The van der Waals surface area contributed by atoms with Gasteiger partial charge in [0.1, 0.15) is 5.75 Å². The van der Waals surface area contributed by atoms with Crippen molar-refractivity contribution in [3.05, 3.63) is 40.9 Å². The first kappa shape index (κ1) is 23.2. The van der Waals surface area contributed by atoms with Crippen molar-refractivity contribution in [2.75, 3.05) is 52.8 Å². The quantitative estimate of drug-likeness (QED) is 0.699. The number of rotatable bonds is 5. The first-order valence-corrected chi connectivity index (χ1v) is 10.1. The lowest BCUT2D eigenvalue weighted by Crippen LogP contribution is -2.28. The van der Waals surface area contributed by atoms with E-state index in [0.29, 0.717) is 12.0 Å². The third kappa shape index (κ3) is 4.57. The largest absolute Gasteiger partial charge is 0.497 e. The number of hydrogen-bond donors (Lipinski definition) is 0. The Labute approximate surface area is 184 Å². The van der Waals surface area contributed by atoms with Crippen LogP contribution < -0.4 is 9.64 Å². The van der Waals surface area contributed by atoms with Crippen molar-refractivity contribution in [1.82, 2.24) is 14.8 Å². The van der Waals surface area contributed by atoms with Gasteiger partial charge < -0.3 is 9.64 Å². The van der Waals surface area contributed by atoms with Crippen LogP contribution in [-0.2, 0) is 6.54 Å². The zero-order chi connectivity index (χ0) is 18.3. The minimum Gasteiger partial charge on any atom is -0.497 e. The van der Waals surface area contributed by atoms with E-state index in [1.807, 2.05) is 6.20 Å². The molecule has 0 unspecified atom stereocenters. The van der Waals surface area contributed by atoms with E-state index >= 15 is 0 Å². The Morgan fingerprint density at radius 2 is 1.86 bits per heavy atom. The number of aromatic nitrogens is 1. The average Bonchev–Trinajstić information content (AvgIpc) is 3.30. The maximum atomic E-state index is 5.32. The first-order chi connectivity index (χ1) is 12.5. The van der Waals surface area contributed by atoms with E-state index in [9.17, 15) is 0 Å². The van der Waals surface area contributed by atoms with Crippen molar-refractivity contribution in [2.24, 2.45) is 11.8 Å². The summed E-state index contributed by atoms with van der Waals surface area (Å²) in [5, 5.41) is 1.09. The first-order valence-electron chi connectivity index (χ1n) is 9.23. The molecule has 4 rings (SSSR count). The number of halogens is 2. The van der Waals surface area contributed by atoms with Crippen molar-refractivity contribution in [3.8, 4) is 5.75 Å². The number of benzene rings is 1. The lowest BCUT2D eigenvalue weighted by molar-refractivity contribution is 0.225. The lowest BCUT2D eigenvalue weighted by atomic mass is 9.89. The molecule has 2 saturated heterocycles. The minimum atomic E-state index is 0. The fourth-order valence-corrected chi connectivity index (χ4v) is 5.45. The summed E-state index contributed by atoms with van der Waals surface area (Å²) in [5.41, 5.74) is 1.41. The molecule has 5 nitrogen and oxygen atoms in total. The molecule has 0 radical (unpaired) electrons. The van der Waals surface area contributed by atoms with Gasteiger partial charge in [0.15, 0.2) is 5.13 Å². The van der Waals surface area contributed by atoms with Crippen molar-refractivity contribution in [3.63, 3.8) is 0 Å². The Morgan fingerprint density at radius 3 is 2.46 bits per heavy atom. The number of fused-ring (bicyclic) bond motifs is 1. The van der Waals surface area contributed by atoms with Gasteiger partial charge in [0.2, 0.25) is 0 Å². The van der Waals surface area contributed by atoms with Crippen LogP contribution in [-0.4, -0.2) is 62.7 Å². The van der Waals surface area contributed by atoms with Crippen LogP contribution in [0, 0.1) is 11.8 Å². The van der Waals surface area contributed by atoms with E-state index < -0.39 is 0 Å². The van der Waals surface area contributed by atoms with Crippen LogP contribution in [0.3, 0.4) is 0 Å². The number of methoxy groups -OCH3 is 1. The van der Waals surface area contributed by atoms with Gasteiger partial charge in [-0.2, -0.15) is 0 Å². The average molecular weight is 445 g/mol. The molecule has 3 atom stereocenters. The molecule has 2 fully saturated rings. The second kappa shape index (κ2) is 9.63. The van der Waals surface area contributed by atoms with Crippen LogP contribution in [0.4, 0.5) is 5.13 Å². The van der Waals surface area contributed by atoms with Gasteiger partial charge in [-0.05, 0) is 36.6 Å². The highest BCUT2D eigenvalue weighted by Crippen LogP contribution is 2.44. The molecule has 28 heavy (non-hydrogen) atoms. The van der Waals surface area contributed by atoms with Crippen molar-refractivity contribution in [2.45, 2.75) is 12.6 Å². The molecule has 0 aliphatic carbocycles. The second-order valence-electron chi connectivity index (χ2n) is 7.78. The summed E-state index contributed by atoms with van der Waals surface area (Å²) in [4.78, 5) is 13.1. The predicted octanol–water partition coefficient (Wildman–Crippen LogP) is 3.80. The van der Waals surface area contributed by atoms with Gasteiger partial charge in [0.05, 0.1) is 7.11 Å². The summed E-state index contributed by atoms with van der Waals surface area (Å²) in [6.45, 7) is 4.57. The predicted molar refractivity (Wildman–Crippen MR) is 122 cm³/mol. The Balaban J connectivity index is 0.00000140. The maximum Gasteiger partial charge on any atom is 0.185 e. The van der Waals surface area contributed by atoms with Gasteiger partial charge in [0, 0.05) is 57.4 Å². The molecule has 156 valence electrons. The molecule has 2 aliphatic rings. The standard InChI is InChI=1S/C20H28N4OS.2ClH/c1-22(2)20-21-9-17(26-20)12-24-11-15-10-23(3)19(18(15)13-24)14-5-7-16(25-4)8-6-14;;/h5-9,15,18-19H,10-13H2,1-4H3;2*1H/t15-,18+,19-;;/m0../s1. The van der Waals surface area contributed by atoms with Crippen LogP contribution in [0.15, 0.2) is 30.5 Å².